The van der Waals surface area contributed by atoms with Crippen molar-refractivity contribution in [2.24, 2.45) is 0 Å². The number of amides is 1. The topological polar surface area (TPSA) is 149 Å². The molecule has 0 bridgehead atoms. The second-order valence-electron chi connectivity index (χ2n) is 10.6. The molecule has 224 valence electrons. The maximum atomic E-state index is 11.9. The summed E-state index contributed by atoms with van der Waals surface area (Å²) in [5.74, 6) is -1.23. The first kappa shape index (κ1) is 31.1. The largest absolute Gasteiger partial charge is 0.508 e. The quantitative estimate of drug-likeness (QED) is 0.205. The van der Waals surface area contributed by atoms with Crippen LogP contribution >= 0.6 is 0 Å². The first-order valence-electron chi connectivity index (χ1n) is 13.9. The van der Waals surface area contributed by atoms with Crippen molar-refractivity contribution in [1.29, 1.82) is 0 Å². The minimum atomic E-state index is -1.01. The molecule has 1 aliphatic rings. The number of nitrogens with one attached hydrogen (secondary N) is 1. The molecule has 1 aliphatic heterocycles. The van der Waals surface area contributed by atoms with Gasteiger partial charge in [0.05, 0.1) is 31.3 Å². The number of aliphatic carboxylic acids is 1. The van der Waals surface area contributed by atoms with Crippen LogP contribution < -0.4 is 5.32 Å². The molecule has 10 nitrogen and oxygen atoms in total. The number of aliphatic hydroxyl groups is 2. The third-order valence-corrected chi connectivity index (χ3v) is 7.18. The van der Waals surface area contributed by atoms with E-state index >= 15 is 0 Å². The highest BCUT2D eigenvalue weighted by Crippen LogP contribution is 2.38. The average molecular weight is 579 g/mol. The van der Waals surface area contributed by atoms with Crippen LogP contribution in [0, 0.1) is 0 Å². The summed E-state index contributed by atoms with van der Waals surface area (Å²) < 4.78 is 12.8. The van der Waals surface area contributed by atoms with Gasteiger partial charge in [-0.3, -0.25) is 9.59 Å². The Labute approximate surface area is 245 Å². The minimum absolute atomic E-state index is 0.0428. The van der Waals surface area contributed by atoms with Crippen molar-refractivity contribution in [2.45, 2.75) is 57.0 Å². The van der Waals surface area contributed by atoms with Gasteiger partial charge in [0, 0.05) is 38.0 Å². The van der Waals surface area contributed by atoms with Crippen molar-refractivity contribution < 1.29 is 39.5 Å². The Morgan fingerprint density at radius 2 is 1.67 bits per heavy atom. The number of carbonyl (C=O) groups excluding carboxylic acids is 1. The standard InChI is InChI=1S/C32H38N2O8/c1-34(19-28(37)25-3-2-4-26(36)15-25)18-27-16-29(23-9-7-22(20-35)8-10-23)42-32(41-27)24-11-5-21(6-12-24)17-33-30(38)13-14-31(39)40/h2-12,15,27-29,32,35-37H,13-14,16-20H2,1H3,(H,33,38)(H,39,40). The molecule has 0 saturated carbocycles. The number of hydrogen-bond donors (Lipinski definition) is 5. The van der Waals surface area contributed by atoms with E-state index in [9.17, 15) is 24.9 Å². The molecule has 5 N–H and O–H groups in total. The van der Waals surface area contributed by atoms with Crippen molar-refractivity contribution >= 4 is 11.9 Å². The van der Waals surface area contributed by atoms with Gasteiger partial charge in [-0.15, -0.1) is 0 Å². The van der Waals surface area contributed by atoms with Crippen LogP contribution in [0.5, 0.6) is 5.75 Å². The van der Waals surface area contributed by atoms with Gasteiger partial charge in [0.25, 0.3) is 0 Å². The lowest BCUT2D eigenvalue weighted by molar-refractivity contribution is -0.252. The van der Waals surface area contributed by atoms with Crippen molar-refractivity contribution in [1.82, 2.24) is 10.2 Å². The van der Waals surface area contributed by atoms with E-state index in [4.69, 9.17) is 14.6 Å². The molecule has 1 saturated heterocycles. The van der Waals surface area contributed by atoms with E-state index in [1.807, 2.05) is 60.5 Å². The zero-order chi connectivity index (χ0) is 30.1. The molecule has 1 amide bonds. The van der Waals surface area contributed by atoms with E-state index in [0.29, 0.717) is 25.1 Å². The number of rotatable bonds is 13. The monoisotopic (exact) mass is 578 g/mol. The molecular formula is C32H38N2O8. The molecule has 42 heavy (non-hydrogen) atoms. The number of nitrogens with zero attached hydrogens (tertiary/aromatic N) is 1. The van der Waals surface area contributed by atoms with E-state index in [0.717, 1.165) is 22.3 Å². The molecule has 1 heterocycles. The Balaban J connectivity index is 1.43. The highest BCUT2D eigenvalue weighted by atomic mass is 16.7. The third-order valence-electron chi connectivity index (χ3n) is 7.18. The highest BCUT2D eigenvalue weighted by molar-refractivity contribution is 5.80. The molecule has 0 aromatic heterocycles. The first-order chi connectivity index (χ1) is 20.2. The van der Waals surface area contributed by atoms with Crippen LogP contribution in [-0.2, 0) is 32.2 Å². The summed E-state index contributed by atoms with van der Waals surface area (Å²) in [6.45, 7) is 1.11. The van der Waals surface area contributed by atoms with Gasteiger partial charge in [-0.05, 0) is 41.4 Å². The van der Waals surface area contributed by atoms with Crippen LogP contribution in [0.25, 0.3) is 0 Å². The zero-order valence-corrected chi connectivity index (χ0v) is 23.6. The predicted octanol–water partition coefficient (Wildman–Crippen LogP) is 3.58. The van der Waals surface area contributed by atoms with Gasteiger partial charge in [0.1, 0.15) is 5.75 Å². The van der Waals surface area contributed by atoms with E-state index in [1.165, 1.54) is 0 Å². The number of carboxylic acid groups (broad SMARTS) is 1. The number of hydrogen-bond acceptors (Lipinski definition) is 8. The van der Waals surface area contributed by atoms with Gasteiger partial charge in [-0.25, -0.2) is 0 Å². The molecule has 4 unspecified atom stereocenters. The third kappa shape index (κ3) is 9.10. The molecule has 1 fully saturated rings. The number of aromatic hydroxyl groups is 1. The van der Waals surface area contributed by atoms with Gasteiger partial charge in [0.2, 0.25) is 5.91 Å². The fourth-order valence-corrected chi connectivity index (χ4v) is 4.89. The molecule has 3 aromatic rings. The van der Waals surface area contributed by atoms with E-state index in [-0.39, 0.29) is 49.9 Å². The number of carbonyl (C=O) groups is 2. The summed E-state index contributed by atoms with van der Waals surface area (Å²) >= 11 is 0. The summed E-state index contributed by atoms with van der Waals surface area (Å²) in [5, 5.41) is 41.4. The average Bonchev–Trinajstić information content (AvgIpc) is 2.99. The Morgan fingerprint density at radius 3 is 2.33 bits per heavy atom. The van der Waals surface area contributed by atoms with Gasteiger partial charge in [0.15, 0.2) is 6.29 Å². The van der Waals surface area contributed by atoms with Gasteiger partial charge in [-0.1, -0.05) is 60.7 Å². The lowest BCUT2D eigenvalue weighted by Gasteiger charge is -2.38. The van der Waals surface area contributed by atoms with E-state index in [2.05, 4.69) is 5.32 Å². The number of aliphatic hydroxyl groups excluding tert-OH is 2. The Hall–Kier alpha value is -3.80. The van der Waals surface area contributed by atoms with Crippen LogP contribution in [0.4, 0.5) is 0 Å². The normalized spacial score (nSPS) is 19.4. The molecule has 10 heteroatoms. The van der Waals surface area contributed by atoms with Crippen LogP contribution in [0.1, 0.15) is 65.6 Å². The molecule has 4 rings (SSSR count). The van der Waals surface area contributed by atoms with Gasteiger partial charge in [-0.2, -0.15) is 0 Å². The summed E-state index contributed by atoms with van der Waals surface area (Å²) in [4.78, 5) is 24.5. The SMILES string of the molecule is CN(CC1CC(c2ccc(CO)cc2)OC(c2ccc(CNC(=O)CCC(=O)O)cc2)O1)CC(O)c1cccc(O)c1. The van der Waals surface area contributed by atoms with Crippen molar-refractivity contribution in [2.75, 3.05) is 20.1 Å². The lowest BCUT2D eigenvalue weighted by atomic mass is 9.99. The van der Waals surface area contributed by atoms with Crippen molar-refractivity contribution in [3.05, 3.63) is 101 Å². The maximum absolute atomic E-state index is 11.9. The van der Waals surface area contributed by atoms with Crippen LogP contribution in [0.2, 0.25) is 0 Å². The zero-order valence-electron chi connectivity index (χ0n) is 23.6. The van der Waals surface area contributed by atoms with Crippen LogP contribution in [0.3, 0.4) is 0 Å². The second kappa shape index (κ2) is 14.9. The number of likely N-dealkylation sites (N-methyl/N-ethyl adjacent to an activating group) is 1. The Kier molecular flexibility index (Phi) is 11.0. The highest BCUT2D eigenvalue weighted by Gasteiger charge is 2.33. The fraction of sp³-hybridized carbons (Fsp3) is 0.375. The second-order valence-corrected chi connectivity index (χ2v) is 10.6. The smallest absolute Gasteiger partial charge is 0.303 e. The van der Waals surface area contributed by atoms with Crippen LogP contribution in [0.15, 0.2) is 72.8 Å². The number of phenols is 1. The van der Waals surface area contributed by atoms with E-state index in [1.54, 1.807) is 24.3 Å². The summed E-state index contributed by atoms with van der Waals surface area (Å²) in [5.41, 5.74) is 4.07. The summed E-state index contributed by atoms with van der Waals surface area (Å²) in [6.07, 6.45) is -1.62. The van der Waals surface area contributed by atoms with Crippen LogP contribution in [-0.4, -0.2) is 63.4 Å². The summed E-state index contributed by atoms with van der Waals surface area (Å²) in [6, 6.07) is 21.7. The number of benzene rings is 3. The minimum Gasteiger partial charge on any atom is -0.508 e. The first-order valence-corrected chi connectivity index (χ1v) is 13.9. The number of ether oxygens (including phenoxy) is 2. The molecule has 0 radical (unpaired) electrons. The maximum Gasteiger partial charge on any atom is 0.303 e. The van der Waals surface area contributed by atoms with Gasteiger partial charge < -0.3 is 40.1 Å². The number of carboxylic acids is 1. The Bertz CT molecular complexity index is 1310. The Morgan fingerprint density at radius 1 is 0.976 bits per heavy atom. The lowest BCUT2D eigenvalue weighted by Crippen LogP contribution is -2.39. The molecule has 4 atom stereocenters. The molecular weight excluding hydrogens is 540 g/mol. The molecule has 3 aromatic carbocycles. The molecule has 0 spiro atoms. The molecule has 0 aliphatic carbocycles. The van der Waals surface area contributed by atoms with Crippen molar-refractivity contribution in [3.63, 3.8) is 0 Å². The fourth-order valence-electron chi connectivity index (χ4n) is 4.89. The number of phenolic OH excluding ortho intramolecular Hbond substituents is 1. The summed E-state index contributed by atoms with van der Waals surface area (Å²) in [7, 11) is 1.91. The predicted molar refractivity (Wildman–Crippen MR) is 154 cm³/mol. The van der Waals surface area contributed by atoms with Gasteiger partial charge >= 0.3 is 5.97 Å². The van der Waals surface area contributed by atoms with Crippen molar-refractivity contribution in [3.8, 4) is 5.75 Å². The van der Waals surface area contributed by atoms with E-state index < -0.39 is 18.4 Å².